The van der Waals surface area contributed by atoms with Gasteiger partial charge in [0.15, 0.2) is 0 Å². The second-order valence-corrected chi connectivity index (χ2v) is 9.73. The average Bonchev–Trinajstić information content (AvgIpc) is 2.67. The van der Waals surface area contributed by atoms with E-state index in [1.54, 1.807) is 20.8 Å². The summed E-state index contributed by atoms with van der Waals surface area (Å²) in [6, 6.07) is -1.26. The fourth-order valence-corrected chi connectivity index (χ4v) is 3.58. The van der Waals surface area contributed by atoms with Crippen molar-refractivity contribution in [3.8, 4) is 0 Å². The molecule has 6 heteroatoms. The van der Waals surface area contributed by atoms with E-state index in [1.807, 2.05) is 0 Å². The molecule has 0 aliphatic rings. The summed E-state index contributed by atoms with van der Waals surface area (Å²) >= 11 is 0. The number of carbonyl (C=O) groups is 3. The van der Waals surface area contributed by atoms with Gasteiger partial charge in [-0.05, 0) is 33.6 Å². The fourth-order valence-electron chi connectivity index (χ4n) is 3.58. The number of carboxylic acids is 1. The first-order valence-corrected chi connectivity index (χ1v) is 12.3. The van der Waals surface area contributed by atoms with Gasteiger partial charge in [-0.3, -0.25) is 14.4 Å². The molecule has 0 bridgehead atoms. The molecule has 0 spiro atoms. The zero-order valence-corrected chi connectivity index (χ0v) is 20.4. The normalized spacial score (nSPS) is 13.6. The number of hydrogen-bond acceptors (Lipinski definition) is 5. The fraction of sp³-hybridized carbons (Fsp3) is 0.880. The van der Waals surface area contributed by atoms with E-state index in [4.69, 9.17) is 15.6 Å². The van der Waals surface area contributed by atoms with Crippen LogP contribution in [0.1, 0.15) is 124 Å². The van der Waals surface area contributed by atoms with Crippen LogP contribution >= 0.6 is 0 Å². The second-order valence-electron chi connectivity index (χ2n) is 9.73. The van der Waals surface area contributed by atoms with Crippen LogP contribution in [0.3, 0.4) is 0 Å². The summed E-state index contributed by atoms with van der Waals surface area (Å²) < 4.78 is 5.31. The summed E-state index contributed by atoms with van der Waals surface area (Å²) in [5, 5.41) is 9.04. The molecule has 0 aliphatic heterocycles. The maximum Gasteiger partial charge on any atom is 0.320 e. The average molecular weight is 442 g/mol. The van der Waals surface area contributed by atoms with Gasteiger partial charge >= 0.3 is 11.9 Å². The minimum Gasteiger partial charge on any atom is -0.480 e. The summed E-state index contributed by atoms with van der Waals surface area (Å²) in [5.41, 5.74) is 4.83. The molecule has 2 atom stereocenters. The number of carboxylic acid groups (broad SMARTS) is 1. The number of carbonyl (C=O) groups excluding carboxylic acids is 2. The van der Waals surface area contributed by atoms with Crippen LogP contribution in [0.2, 0.25) is 0 Å². The number of ether oxygens (including phenoxy) is 1. The Morgan fingerprint density at radius 2 is 1.23 bits per heavy atom. The van der Waals surface area contributed by atoms with Crippen LogP contribution in [0, 0.1) is 5.92 Å². The van der Waals surface area contributed by atoms with Gasteiger partial charge in [-0.25, -0.2) is 0 Å². The van der Waals surface area contributed by atoms with Crippen LogP contribution in [0.25, 0.3) is 0 Å². The molecular formula is C25H47NO5. The minimum atomic E-state index is -1.26. The Bertz CT molecular complexity index is 513. The number of aliphatic carboxylic acids is 1. The van der Waals surface area contributed by atoms with Crippen LogP contribution in [0.5, 0.6) is 0 Å². The Labute approximate surface area is 189 Å². The molecule has 0 amide bonds. The van der Waals surface area contributed by atoms with Crippen molar-refractivity contribution >= 4 is 17.7 Å². The highest BCUT2D eigenvalue weighted by atomic mass is 16.6. The van der Waals surface area contributed by atoms with Gasteiger partial charge in [-0.15, -0.1) is 0 Å². The van der Waals surface area contributed by atoms with Crippen LogP contribution in [-0.2, 0) is 19.1 Å². The Balaban J connectivity index is 4.09. The van der Waals surface area contributed by atoms with Gasteiger partial charge in [0, 0.05) is 6.42 Å². The first kappa shape index (κ1) is 29.6. The van der Waals surface area contributed by atoms with Crippen molar-refractivity contribution < 1.29 is 24.2 Å². The molecule has 0 rings (SSSR count). The topological polar surface area (TPSA) is 107 Å². The summed E-state index contributed by atoms with van der Waals surface area (Å²) in [6.45, 7) is 7.40. The van der Waals surface area contributed by atoms with Gasteiger partial charge in [-0.1, -0.05) is 84.0 Å². The van der Waals surface area contributed by atoms with Gasteiger partial charge in [0.25, 0.3) is 0 Å². The molecule has 0 aromatic heterocycles. The zero-order chi connectivity index (χ0) is 23.7. The molecule has 31 heavy (non-hydrogen) atoms. The van der Waals surface area contributed by atoms with E-state index in [0.717, 1.165) is 12.8 Å². The van der Waals surface area contributed by atoms with Gasteiger partial charge in [0.1, 0.15) is 23.3 Å². The van der Waals surface area contributed by atoms with Gasteiger partial charge in [0.2, 0.25) is 0 Å². The lowest BCUT2D eigenvalue weighted by Crippen LogP contribution is -2.40. The minimum absolute atomic E-state index is 0.221. The number of unbranched alkanes of at least 4 members (excludes halogenated alkanes) is 12. The van der Waals surface area contributed by atoms with Crippen molar-refractivity contribution in [2.24, 2.45) is 11.7 Å². The first-order valence-electron chi connectivity index (χ1n) is 12.3. The molecule has 6 nitrogen and oxygen atoms in total. The van der Waals surface area contributed by atoms with Gasteiger partial charge in [-0.2, -0.15) is 0 Å². The Morgan fingerprint density at radius 3 is 1.61 bits per heavy atom. The summed E-state index contributed by atoms with van der Waals surface area (Å²) in [4.78, 5) is 36.0. The highest BCUT2D eigenvalue weighted by Crippen LogP contribution is 2.19. The zero-order valence-electron chi connectivity index (χ0n) is 20.4. The molecule has 0 aromatic carbocycles. The molecule has 2 unspecified atom stereocenters. The lowest BCUT2D eigenvalue weighted by atomic mass is 9.92. The van der Waals surface area contributed by atoms with E-state index in [9.17, 15) is 14.4 Å². The summed E-state index contributed by atoms with van der Waals surface area (Å²) in [5.74, 6) is -3.28. The monoisotopic (exact) mass is 441 g/mol. The third-order valence-corrected chi connectivity index (χ3v) is 5.41. The van der Waals surface area contributed by atoms with E-state index in [0.29, 0.717) is 6.42 Å². The highest BCUT2D eigenvalue weighted by Gasteiger charge is 2.33. The molecule has 0 saturated heterocycles. The summed E-state index contributed by atoms with van der Waals surface area (Å²) in [7, 11) is 0. The number of nitrogens with two attached hydrogens (primary N) is 1. The lowest BCUT2D eigenvalue weighted by Gasteiger charge is -2.24. The van der Waals surface area contributed by atoms with Crippen molar-refractivity contribution in [2.75, 3.05) is 0 Å². The molecule has 182 valence electrons. The van der Waals surface area contributed by atoms with E-state index in [2.05, 4.69) is 6.92 Å². The second kappa shape index (κ2) is 17.2. The largest absolute Gasteiger partial charge is 0.480 e. The molecule has 3 N–H and O–H groups in total. The van der Waals surface area contributed by atoms with E-state index < -0.39 is 29.5 Å². The van der Waals surface area contributed by atoms with Crippen LogP contribution < -0.4 is 5.73 Å². The third-order valence-electron chi connectivity index (χ3n) is 5.41. The number of hydrogen-bond donors (Lipinski definition) is 2. The standard InChI is InChI=1S/C25H47NO5/c1-5-6-7-8-9-10-11-12-13-14-15-16-17-18-22(27)20(19-21(26)23(28)29)24(30)31-25(2,3)4/h20-21H,5-19,26H2,1-4H3,(H,28,29). The molecule has 0 saturated carbocycles. The SMILES string of the molecule is CCCCCCCCCCCCCCCC(=O)C(CC(N)C(=O)O)C(=O)OC(C)(C)C. The quantitative estimate of drug-likeness (QED) is 0.149. The van der Waals surface area contributed by atoms with E-state index >= 15 is 0 Å². The predicted octanol–water partition coefficient (Wildman–Crippen LogP) is 5.80. The summed E-state index contributed by atoms with van der Waals surface area (Å²) in [6.07, 6.45) is 15.8. The number of Topliss-reactive ketones (excluding diaryl/α,β-unsaturated/α-hetero) is 1. The number of ketones is 1. The Hall–Kier alpha value is -1.43. The van der Waals surface area contributed by atoms with Crippen molar-refractivity contribution in [2.45, 2.75) is 136 Å². The number of rotatable bonds is 19. The Morgan fingerprint density at radius 1 is 0.806 bits per heavy atom. The molecule has 0 radical (unpaired) electrons. The molecule has 0 aliphatic carbocycles. The number of esters is 1. The van der Waals surface area contributed by atoms with E-state index in [-0.39, 0.29) is 18.6 Å². The van der Waals surface area contributed by atoms with Gasteiger partial charge in [0.05, 0.1) is 0 Å². The van der Waals surface area contributed by atoms with Crippen molar-refractivity contribution in [3.63, 3.8) is 0 Å². The van der Waals surface area contributed by atoms with Crippen LogP contribution in [0.15, 0.2) is 0 Å². The van der Waals surface area contributed by atoms with Crippen LogP contribution in [0.4, 0.5) is 0 Å². The van der Waals surface area contributed by atoms with E-state index in [1.165, 1.54) is 64.2 Å². The third kappa shape index (κ3) is 16.9. The molecule has 0 fully saturated rings. The van der Waals surface area contributed by atoms with Crippen molar-refractivity contribution in [3.05, 3.63) is 0 Å². The first-order chi connectivity index (χ1) is 14.6. The van der Waals surface area contributed by atoms with Crippen LogP contribution in [-0.4, -0.2) is 34.5 Å². The maximum atomic E-state index is 12.6. The van der Waals surface area contributed by atoms with Crippen molar-refractivity contribution in [1.29, 1.82) is 0 Å². The predicted molar refractivity (Wildman–Crippen MR) is 125 cm³/mol. The van der Waals surface area contributed by atoms with Crippen molar-refractivity contribution in [1.82, 2.24) is 0 Å². The molecular weight excluding hydrogens is 394 g/mol. The highest BCUT2D eigenvalue weighted by molar-refractivity contribution is 5.99. The molecule has 0 heterocycles. The van der Waals surface area contributed by atoms with Gasteiger partial charge < -0.3 is 15.6 Å². The lowest BCUT2D eigenvalue weighted by molar-refractivity contribution is -0.162. The molecule has 0 aromatic rings. The maximum absolute atomic E-state index is 12.6. The Kier molecular flexibility index (Phi) is 16.4. The smallest absolute Gasteiger partial charge is 0.320 e.